The Morgan fingerprint density at radius 2 is 1.53 bits per heavy atom. The van der Waals surface area contributed by atoms with Gasteiger partial charge in [0.2, 0.25) is 0 Å². The van der Waals surface area contributed by atoms with E-state index in [1.165, 1.54) is 44.9 Å². The summed E-state index contributed by atoms with van der Waals surface area (Å²) >= 11 is 12.1. The molecule has 0 aliphatic heterocycles. The average molecular weight is 298 g/mol. The predicted octanol–water partition coefficient (Wildman–Crippen LogP) is 5.76. The van der Waals surface area contributed by atoms with Crippen molar-refractivity contribution in [1.29, 1.82) is 0 Å². The van der Waals surface area contributed by atoms with E-state index in [4.69, 9.17) is 23.2 Å². The number of fused-ring (bicyclic) bond motifs is 1. The monoisotopic (exact) mass is 297 g/mol. The van der Waals surface area contributed by atoms with Crippen LogP contribution in [0.3, 0.4) is 0 Å². The smallest absolute Gasteiger partial charge is 0.0441 e. The molecule has 104 valence electrons. The lowest BCUT2D eigenvalue weighted by atomic mass is 9.69. The zero-order chi connectivity index (χ0) is 13.2. The summed E-state index contributed by atoms with van der Waals surface area (Å²) in [6.07, 6.45) is 9.75. The fourth-order valence-corrected chi connectivity index (χ4v) is 4.40. The Bertz CT molecular complexity index is 426. The molecular formula is C16H21Cl2N. The summed E-state index contributed by atoms with van der Waals surface area (Å²) in [6.45, 7) is 0. The first-order valence-corrected chi connectivity index (χ1v) is 8.19. The number of hydrogen-bond donors (Lipinski definition) is 1. The summed E-state index contributed by atoms with van der Waals surface area (Å²) < 4.78 is 0. The molecule has 2 aliphatic carbocycles. The maximum absolute atomic E-state index is 6.05. The molecule has 0 radical (unpaired) electrons. The van der Waals surface area contributed by atoms with E-state index in [0.717, 1.165) is 17.5 Å². The van der Waals surface area contributed by atoms with Crippen molar-refractivity contribution in [2.45, 2.75) is 51.0 Å². The molecule has 0 amide bonds. The molecule has 2 aliphatic rings. The average Bonchev–Trinajstić information content (AvgIpc) is 2.37. The van der Waals surface area contributed by atoms with Crippen LogP contribution in [0.2, 0.25) is 10.0 Å². The Morgan fingerprint density at radius 1 is 0.842 bits per heavy atom. The molecule has 0 heterocycles. The van der Waals surface area contributed by atoms with Gasteiger partial charge in [-0.1, -0.05) is 48.9 Å². The summed E-state index contributed by atoms with van der Waals surface area (Å²) in [5.74, 6) is 1.93. The van der Waals surface area contributed by atoms with Crippen molar-refractivity contribution in [3.05, 3.63) is 28.2 Å². The van der Waals surface area contributed by atoms with Crippen LogP contribution in [0.4, 0.5) is 5.69 Å². The second kappa shape index (κ2) is 5.93. The zero-order valence-corrected chi connectivity index (χ0v) is 12.7. The van der Waals surface area contributed by atoms with Crippen molar-refractivity contribution in [3.8, 4) is 0 Å². The van der Waals surface area contributed by atoms with Gasteiger partial charge >= 0.3 is 0 Å². The maximum atomic E-state index is 6.05. The Hall–Kier alpha value is -0.400. The van der Waals surface area contributed by atoms with E-state index in [2.05, 4.69) is 5.32 Å². The highest BCUT2D eigenvalue weighted by Crippen LogP contribution is 2.41. The quantitative estimate of drug-likeness (QED) is 0.731. The molecule has 3 unspecified atom stereocenters. The molecule has 0 spiro atoms. The van der Waals surface area contributed by atoms with Crippen LogP contribution in [-0.4, -0.2) is 6.04 Å². The zero-order valence-electron chi connectivity index (χ0n) is 11.2. The van der Waals surface area contributed by atoms with Crippen LogP contribution >= 0.6 is 23.2 Å². The van der Waals surface area contributed by atoms with Gasteiger partial charge in [0.25, 0.3) is 0 Å². The number of benzene rings is 1. The fourth-order valence-electron chi connectivity index (χ4n) is 3.88. The standard InChI is InChI=1S/C16H21Cl2N/c17-13-8-14(18)10-16(9-13)19-15-6-5-11-3-1-2-4-12(11)7-15/h8-12,15,19H,1-7H2. The highest BCUT2D eigenvalue weighted by Gasteiger charge is 2.31. The highest BCUT2D eigenvalue weighted by atomic mass is 35.5. The SMILES string of the molecule is Clc1cc(Cl)cc(NC2CCC3CCCCC3C2)c1. The lowest BCUT2D eigenvalue weighted by molar-refractivity contribution is 0.162. The fraction of sp³-hybridized carbons (Fsp3) is 0.625. The summed E-state index contributed by atoms with van der Waals surface area (Å²) in [5, 5.41) is 5.05. The van der Waals surface area contributed by atoms with Crippen molar-refractivity contribution in [1.82, 2.24) is 0 Å². The summed E-state index contributed by atoms with van der Waals surface area (Å²) in [6, 6.07) is 6.32. The first-order chi connectivity index (χ1) is 9.20. The van der Waals surface area contributed by atoms with Gasteiger partial charge in [-0.15, -0.1) is 0 Å². The predicted molar refractivity (Wildman–Crippen MR) is 83.2 cm³/mol. The van der Waals surface area contributed by atoms with Gasteiger partial charge in [-0.3, -0.25) is 0 Å². The molecule has 3 atom stereocenters. The van der Waals surface area contributed by atoms with Crippen molar-refractivity contribution in [2.24, 2.45) is 11.8 Å². The third-order valence-electron chi connectivity index (χ3n) is 4.77. The Labute approximate surface area is 125 Å². The molecule has 19 heavy (non-hydrogen) atoms. The van der Waals surface area contributed by atoms with Crippen molar-refractivity contribution < 1.29 is 0 Å². The molecule has 2 saturated carbocycles. The van der Waals surface area contributed by atoms with Gasteiger partial charge in [0.05, 0.1) is 0 Å². The summed E-state index contributed by atoms with van der Waals surface area (Å²) in [7, 11) is 0. The number of halogens is 2. The topological polar surface area (TPSA) is 12.0 Å². The number of nitrogens with one attached hydrogen (secondary N) is 1. The Balaban J connectivity index is 1.64. The molecule has 1 aromatic rings. The van der Waals surface area contributed by atoms with Gasteiger partial charge in [0.15, 0.2) is 0 Å². The van der Waals surface area contributed by atoms with Crippen molar-refractivity contribution >= 4 is 28.9 Å². The van der Waals surface area contributed by atoms with Gasteiger partial charge in [0, 0.05) is 21.8 Å². The van der Waals surface area contributed by atoms with Gasteiger partial charge in [-0.25, -0.2) is 0 Å². The van der Waals surface area contributed by atoms with Crippen LogP contribution in [0.25, 0.3) is 0 Å². The van der Waals surface area contributed by atoms with E-state index in [1.54, 1.807) is 6.07 Å². The third kappa shape index (κ3) is 3.38. The number of hydrogen-bond acceptors (Lipinski definition) is 1. The van der Waals surface area contributed by atoms with Gasteiger partial charge in [-0.2, -0.15) is 0 Å². The number of anilines is 1. The first-order valence-electron chi connectivity index (χ1n) is 7.43. The molecule has 2 fully saturated rings. The van der Waals surface area contributed by atoms with Gasteiger partial charge < -0.3 is 5.32 Å². The molecule has 1 N–H and O–H groups in total. The normalized spacial score (nSPS) is 30.7. The minimum absolute atomic E-state index is 0.592. The number of rotatable bonds is 2. The van der Waals surface area contributed by atoms with E-state index in [-0.39, 0.29) is 0 Å². The van der Waals surface area contributed by atoms with Crippen LogP contribution < -0.4 is 5.32 Å². The van der Waals surface area contributed by atoms with Gasteiger partial charge in [-0.05, 0) is 49.3 Å². The van der Waals surface area contributed by atoms with E-state index in [1.807, 2.05) is 12.1 Å². The lowest BCUT2D eigenvalue weighted by Crippen LogP contribution is -2.34. The molecule has 0 bridgehead atoms. The van der Waals surface area contributed by atoms with Gasteiger partial charge in [0.1, 0.15) is 0 Å². The minimum atomic E-state index is 0.592. The molecule has 1 nitrogen and oxygen atoms in total. The maximum Gasteiger partial charge on any atom is 0.0441 e. The van der Waals surface area contributed by atoms with E-state index in [9.17, 15) is 0 Å². The van der Waals surface area contributed by atoms with Crippen LogP contribution in [0, 0.1) is 11.8 Å². The van der Waals surface area contributed by atoms with E-state index in [0.29, 0.717) is 16.1 Å². The van der Waals surface area contributed by atoms with Crippen LogP contribution in [0.5, 0.6) is 0 Å². The summed E-state index contributed by atoms with van der Waals surface area (Å²) in [5.41, 5.74) is 1.07. The van der Waals surface area contributed by atoms with Crippen LogP contribution in [0.1, 0.15) is 44.9 Å². The summed E-state index contributed by atoms with van der Waals surface area (Å²) in [4.78, 5) is 0. The Kier molecular flexibility index (Phi) is 4.24. The van der Waals surface area contributed by atoms with Crippen molar-refractivity contribution in [2.75, 3.05) is 5.32 Å². The Morgan fingerprint density at radius 3 is 2.26 bits per heavy atom. The van der Waals surface area contributed by atoms with Crippen LogP contribution in [-0.2, 0) is 0 Å². The van der Waals surface area contributed by atoms with E-state index >= 15 is 0 Å². The molecule has 3 rings (SSSR count). The molecule has 0 saturated heterocycles. The third-order valence-corrected chi connectivity index (χ3v) is 5.21. The first kappa shape index (κ1) is 13.6. The largest absolute Gasteiger partial charge is 0.382 e. The lowest BCUT2D eigenvalue weighted by Gasteiger charge is -2.39. The molecular weight excluding hydrogens is 277 g/mol. The highest BCUT2D eigenvalue weighted by molar-refractivity contribution is 6.35. The van der Waals surface area contributed by atoms with Crippen molar-refractivity contribution in [3.63, 3.8) is 0 Å². The minimum Gasteiger partial charge on any atom is -0.382 e. The molecule has 0 aromatic heterocycles. The second-order valence-electron chi connectivity index (χ2n) is 6.12. The van der Waals surface area contributed by atoms with Crippen LogP contribution in [0.15, 0.2) is 18.2 Å². The molecule has 1 aromatic carbocycles. The second-order valence-corrected chi connectivity index (χ2v) is 6.99. The van der Waals surface area contributed by atoms with E-state index < -0.39 is 0 Å². The molecule has 3 heteroatoms.